The van der Waals surface area contributed by atoms with Gasteiger partial charge in [0, 0.05) is 37.7 Å². The Bertz CT molecular complexity index is 736. The number of nitrogens with one attached hydrogen (secondary N) is 1. The first-order chi connectivity index (χ1) is 12.1. The number of benzene rings is 1. The van der Waals surface area contributed by atoms with Gasteiger partial charge in [0.1, 0.15) is 12.4 Å². The van der Waals surface area contributed by atoms with Crippen molar-refractivity contribution in [1.82, 2.24) is 19.8 Å². The molecular weight excluding hydrogens is 330 g/mol. The number of aliphatic imine (C=N–C) groups is 1. The molecule has 2 heterocycles. The number of hydrogen-bond acceptors (Lipinski definition) is 3. The van der Waals surface area contributed by atoms with E-state index in [0.717, 1.165) is 42.5 Å². The Morgan fingerprint density at radius 1 is 1.40 bits per heavy atom. The lowest BCUT2D eigenvalue weighted by atomic mass is 10.1. The molecule has 25 heavy (non-hydrogen) atoms. The number of guanidine groups is 1. The van der Waals surface area contributed by atoms with E-state index in [1.165, 1.54) is 5.75 Å². The van der Waals surface area contributed by atoms with Gasteiger partial charge in [0.15, 0.2) is 5.96 Å². The van der Waals surface area contributed by atoms with Crippen LogP contribution in [-0.2, 0) is 13.6 Å². The lowest BCUT2D eigenvalue weighted by Gasteiger charge is -2.36. The van der Waals surface area contributed by atoms with Crippen LogP contribution in [0.5, 0.6) is 0 Å². The number of rotatable bonds is 4. The fourth-order valence-corrected chi connectivity index (χ4v) is 4.48. The number of para-hydroxylation sites is 2. The summed E-state index contributed by atoms with van der Waals surface area (Å²) in [7, 11) is 2.07. The molecule has 5 nitrogen and oxygen atoms in total. The van der Waals surface area contributed by atoms with Crippen molar-refractivity contribution >= 4 is 28.8 Å². The highest BCUT2D eigenvalue weighted by molar-refractivity contribution is 8.00. The highest BCUT2D eigenvalue weighted by Crippen LogP contribution is 2.25. The highest BCUT2D eigenvalue weighted by atomic mass is 32.2. The van der Waals surface area contributed by atoms with Crippen LogP contribution in [0.4, 0.5) is 0 Å². The third-order valence-electron chi connectivity index (χ3n) is 4.72. The second-order valence-electron chi connectivity index (χ2n) is 6.85. The molecule has 3 rings (SSSR count). The molecule has 1 atom stereocenters. The summed E-state index contributed by atoms with van der Waals surface area (Å²) in [4.78, 5) is 12.0. The smallest absolute Gasteiger partial charge is 0.194 e. The fourth-order valence-electron chi connectivity index (χ4n) is 3.18. The van der Waals surface area contributed by atoms with Crippen LogP contribution >= 0.6 is 11.8 Å². The monoisotopic (exact) mass is 359 g/mol. The molecule has 0 aliphatic carbocycles. The van der Waals surface area contributed by atoms with Crippen molar-refractivity contribution in [2.75, 3.05) is 25.4 Å². The van der Waals surface area contributed by atoms with Crippen LogP contribution < -0.4 is 5.32 Å². The summed E-state index contributed by atoms with van der Waals surface area (Å²) in [6.07, 6.45) is 0. The molecule has 1 saturated heterocycles. The van der Waals surface area contributed by atoms with E-state index in [2.05, 4.69) is 72.6 Å². The quantitative estimate of drug-likeness (QED) is 0.673. The van der Waals surface area contributed by atoms with E-state index < -0.39 is 0 Å². The Labute approximate surface area is 154 Å². The minimum absolute atomic E-state index is 0.601. The topological polar surface area (TPSA) is 45.5 Å². The van der Waals surface area contributed by atoms with E-state index >= 15 is 0 Å². The van der Waals surface area contributed by atoms with Crippen LogP contribution in [0.1, 0.15) is 26.6 Å². The summed E-state index contributed by atoms with van der Waals surface area (Å²) in [6.45, 7) is 10.4. The van der Waals surface area contributed by atoms with E-state index in [-0.39, 0.29) is 0 Å². The zero-order valence-corrected chi connectivity index (χ0v) is 16.5. The van der Waals surface area contributed by atoms with Gasteiger partial charge in [0.05, 0.1) is 11.0 Å². The first-order valence-electron chi connectivity index (χ1n) is 9.15. The predicted octanol–water partition coefficient (Wildman–Crippen LogP) is 3.11. The van der Waals surface area contributed by atoms with Gasteiger partial charge in [0.25, 0.3) is 0 Å². The van der Waals surface area contributed by atoms with Gasteiger partial charge in [-0.25, -0.2) is 9.98 Å². The number of aromatic nitrogens is 2. The summed E-state index contributed by atoms with van der Waals surface area (Å²) < 4.78 is 2.14. The minimum Gasteiger partial charge on any atom is -0.357 e. The normalized spacial score (nSPS) is 19.0. The van der Waals surface area contributed by atoms with Crippen molar-refractivity contribution in [3.05, 3.63) is 30.1 Å². The van der Waals surface area contributed by atoms with Gasteiger partial charge in [0.2, 0.25) is 0 Å². The molecule has 6 heteroatoms. The Hall–Kier alpha value is -1.69. The highest BCUT2D eigenvalue weighted by Gasteiger charge is 2.24. The van der Waals surface area contributed by atoms with Crippen molar-refractivity contribution in [2.45, 2.75) is 32.6 Å². The number of nitrogens with zero attached hydrogens (tertiary/aromatic N) is 4. The summed E-state index contributed by atoms with van der Waals surface area (Å²) >= 11 is 2.09. The molecular formula is C19H29N5S. The predicted molar refractivity (Wildman–Crippen MR) is 108 cm³/mol. The number of fused-ring (bicyclic) bond motifs is 1. The Balaban J connectivity index is 1.78. The Kier molecular flexibility index (Phi) is 5.89. The number of thioether (sulfide) groups is 1. The number of imidazole rings is 1. The van der Waals surface area contributed by atoms with Gasteiger partial charge in [-0.15, -0.1) is 0 Å². The van der Waals surface area contributed by atoms with Gasteiger partial charge in [-0.1, -0.05) is 26.0 Å². The van der Waals surface area contributed by atoms with Crippen molar-refractivity contribution in [3.8, 4) is 0 Å². The maximum Gasteiger partial charge on any atom is 0.194 e. The van der Waals surface area contributed by atoms with Crippen LogP contribution in [0.2, 0.25) is 0 Å². The van der Waals surface area contributed by atoms with Gasteiger partial charge in [-0.2, -0.15) is 11.8 Å². The summed E-state index contributed by atoms with van der Waals surface area (Å²) in [5.41, 5.74) is 2.20. The molecule has 0 saturated carbocycles. The lowest BCUT2D eigenvalue weighted by molar-refractivity contribution is 0.380. The first kappa shape index (κ1) is 18.1. The minimum atomic E-state index is 0.601. The van der Waals surface area contributed by atoms with Crippen molar-refractivity contribution in [1.29, 1.82) is 0 Å². The lowest BCUT2D eigenvalue weighted by Crippen LogP contribution is -2.49. The largest absolute Gasteiger partial charge is 0.357 e. The Morgan fingerprint density at radius 2 is 2.20 bits per heavy atom. The molecule has 1 N–H and O–H groups in total. The van der Waals surface area contributed by atoms with Crippen molar-refractivity contribution in [2.24, 2.45) is 18.0 Å². The third kappa shape index (κ3) is 4.11. The number of hydrogen-bond donors (Lipinski definition) is 1. The zero-order valence-electron chi connectivity index (χ0n) is 15.7. The van der Waals surface area contributed by atoms with Crippen LogP contribution in [0.3, 0.4) is 0 Å². The van der Waals surface area contributed by atoms with Crippen LogP contribution in [0.25, 0.3) is 11.0 Å². The van der Waals surface area contributed by atoms with Gasteiger partial charge in [-0.05, 0) is 25.0 Å². The SMILES string of the molecule is CCNC(=NCc1nc2ccccc2n1C)N1CCSC(C(C)C)C1. The molecule has 0 amide bonds. The van der Waals surface area contributed by atoms with Crippen LogP contribution in [0, 0.1) is 5.92 Å². The molecule has 1 unspecified atom stereocenters. The zero-order chi connectivity index (χ0) is 17.8. The standard InChI is InChI=1S/C19H29N5S/c1-5-20-19(24-10-11-25-17(13-24)14(2)3)21-12-18-22-15-8-6-7-9-16(15)23(18)4/h6-9,14,17H,5,10-13H2,1-4H3,(H,20,21). The second-order valence-corrected chi connectivity index (χ2v) is 8.19. The molecule has 136 valence electrons. The van der Waals surface area contributed by atoms with Gasteiger partial charge < -0.3 is 14.8 Å². The van der Waals surface area contributed by atoms with E-state index in [4.69, 9.17) is 9.98 Å². The van der Waals surface area contributed by atoms with E-state index in [9.17, 15) is 0 Å². The average molecular weight is 360 g/mol. The molecule has 0 spiro atoms. The molecule has 2 aromatic rings. The third-order valence-corrected chi connectivity index (χ3v) is 6.26. The van der Waals surface area contributed by atoms with Gasteiger partial charge >= 0.3 is 0 Å². The Morgan fingerprint density at radius 3 is 2.92 bits per heavy atom. The molecule has 1 aromatic carbocycles. The maximum absolute atomic E-state index is 4.90. The molecule has 1 aliphatic rings. The summed E-state index contributed by atoms with van der Waals surface area (Å²) in [5, 5.41) is 4.14. The average Bonchev–Trinajstić information content (AvgIpc) is 2.95. The molecule has 0 bridgehead atoms. The summed E-state index contributed by atoms with van der Waals surface area (Å²) in [6, 6.07) is 8.25. The van der Waals surface area contributed by atoms with Crippen molar-refractivity contribution in [3.63, 3.8) is 0 Å². The fraction of sp³-hybridized carbons (Fsp3) is 0.579. The maximum atomic E-state index is 4.90. The molecule has 1 aliphatic heterocycles. The summed E-state index contributed by atoms with van der Waals surface area (Å²) in [5.74, 6) is 3.87. The van der Waals surface area contributed by atoms with Crippen LogP contribution in [-0.4, -0.2) is 51.0 Å². The van der Waals surface area contributed by atoms with Crippen LogP contribution in [0.15, 0.2) is 29.3 Å². The van der Waals surface area contributed by atoms with E-state index in [1.54, 1.807) is 0 Å². The molecule has 1 fully saturated rings. The van der Waals surface area contributed by atoms with E-state index in [1.807, 2.05) is 6.07 Å². The number of aryl methyl sites for hydroxylation is 1. The second kappa shape index (κ2) is 8.13. The molecule has 0 radical (unpaired) electrons. The van der Waals surface area contributed by atoms with Crippen molar-refractivity contribution < 1.29 is 0 Å². The first-order valence-corrected chi connectivity index (χ1v) is 10.2. The molecule has 1 aromatic heterocycles. The van der Waals surface area contributed by atoms with Gasteiger partial charge in [-0.3, -0.25) is 0 Å². The van der Waals surface area contributed by atoms with E-state index in [0.29, 0.717) is 17.7 Å².